The van der Waals surface area contributed by atoms with Gasteiger partial charge >= 0.3 is 27.6 Å². The number of hydrogen-bond acceptors (Lipinski definition) is 12. The molecule has 0 saturated carbocycles. The summed E-state index contributed by atoms with van der Waals surface area (Å²) in [5.41, 5.74) is 0. The van der Waals surface area contributed by atoms with Gasteiger partial charge in [0.25, 0.3) is 0 Å². The number of aliphatic hydroxyl groups excluding tert-OH is 3. The van der Waals surface area contributed by atoms with E-state index in [9.17, 15) is 38.9 Å². The monoisotopic (exact) mass is 930 g/mol. The summed E-state index contributed by atoms with van der Waals surface area (Å²) in [6, 6.07) is 0. The molecule has 0 aromatic rings. The Hall–Kier alpha value is -3.04. The maximum atomic E-state index is 12.7. The highest BCUT2D eigenvalue weighted by Gasteiger charge is 2.28. The van der Waals surface area contributed by atoms with Gasteiger partial charge in [-0.25, -0.2) is 9.13 Å². The molecular formula is C46H76O15P2. The van der Waals surface area contributed by atoms with Crippen LogP contribution in [0.2, 0.25) is 0 Å². The first-order valence-corrected chi connectivity index (χ1v) is 25.2. The van der Waals surface area contributed by atoms with Crippen LogP contribution in [0.3, 0.4) is 0 Å². The van der Waals surface area contributed by atoms with Crippen LogP contribution in [0.1, 0.15) is 129 Å². The standard InChI is InChI=1S/C46H76O15P2/c1-3-5-7-8-9-10-11-12-13-14-15-16-20-23-29-36-46(51)61-44(40-60-63(55,56)59-38-43(49)37-58-62(52,53)54)39-57-45(50)35-30-24-28-34-42(48)33-27-22-19-17-18-21-26-32-41(47)31-25-6-4-2/h6,10-13,18-19,21-22,25-28,32-34,41-44,47-49H,3-5,7-9,14-17,20,23-24,29-31,35-40H2,1-2H3,(H,55,56)(H2,52,53,54)/b11-10-,13-12-,21-18-,22-19-,25-6-,32-26+,33-27+,34-28-/t41-,42-,43+,44-/m1/s1. The number of unbranched alkanes of at least 4 members (excludes halogenated alkanes) is 10. The largest absolute Gasteiger partial charge is 0.472 e. The summed E-state index contributed by atoms with van der Waals surface area (Å²) >= 11 is 0. The highest BCUT2D eigenvalue weighted by Crippen LogP contribution is 2.43. The highest BCUT2D eigenvalue weighted by atomic mass is 31.2. The number of carbonyl (C=O) groups is 2. The van der Waals surface area contributed by atoms with Gasteiger partial charge in [0.15, 0.2) is 6.10 Å². The Balaban J connectivity index is 4.79. The van der Waals surface area contributed by atoms with E-state index in [0.717, 1.165) is 44.9 Å². The SMILES string of the molecule is CC/C=C\C[C@@H](O)/C=C/C=C\C/C=C\C=C\[C@@H](O)/C=C\CCCC(=O)OC[C@H](COP(=O)(O)OC[C@@H](O)COP(=O)(O)O)OC(=O)CCCCCCC/C=C\C=C/CCCCCC. The fourth-order valence-corrected chi connectivity index (χ4v) is 6.41. The van der Waals surface area contributed by atoms with E-state index in [2.05, 4.69) is 40.3 Å². The molecular weight excluding hydrogens is 854 g/mol. The zero-order valence-electron chi connectivity index (χ0n) is 37.4. The minimum atomic E-state index is -4.89. The molecule has 0 fully saturated rings. The van der Waals surface area contributed by atoms with Crippen molar-refractivity contribution in [2.24, 2.45) is 0 Å². The van der Waals surface area contributed by atoms with E-state index in [4.69, 9.17) is 23.8 Å². The summed E-state index contributed by atoms with van der Waals surface area (Å²) < 4.78 is 47.6. The quantitative estimate of drug-likeness (QED) is 0.0110. The molecule has 0 aromatic carbocycles. The Morgan fingerprint density at radius 1 is 0.556 bits per heavy atom. The first-order chi connectivity index (χ1) is 30.2. The zero-order chi connectivity index (χ0) is 46.9. The molecule has 0 bridgehead atoms. The van der Waals surface area contributed by atoms with Gasteiger partial charge in [0.2, 0.25) is 0 Å². The van der Waals surface area contributed by atoms with E-state index >= 15 is 0 Å². The van der Waals surface area contributed by atoms with Crippen LogP contribution in [0.4, 0.5) is 0 Å². The maximum Gasteiger partial charge on any atom is 0.472 e. The second-order valence-corrected chi connectivity index (χ2v) is 17.4. The minimum Gasteiger partial charge on any atom is -0.462 e. The number of phosphoric ester groups is 2. The van der Waals surface area contributed by atoms with Crippen molar-refractivity contribution < 1.29 is 71.8 Å². The van der Waals surface area contributed by atoms with Gasteiger partial charge in [-0.15, -0.1) is 0 Å². The van der Waals surface area contributed by atoms with Crippen molar-refractivity contribution in [3.8, 4) is 0 Å². The molecule has 17 heteroatoms. The lowest BCUT2D eigenvalue weighted by molar-refractivity contribution is -0.161. The lowest BCUT2D eigenvalue weighted by Crippen LogP contribution is -2.30. The minimum absolute atomic E-state index is 0.0000990. The number of carbonyl (C=O) groups excluding carboxylic acids is 2. The van der Waals surface area contributed by atoms with Gasteiger partial charge in [-0.3, -0.25) is 23.2 Å². The second kappa shape index (κ2) is 40.5. The number of aliphatic hydroxyl groups is 3. The van der Waals surface area contributed by atoms with Gasteiger partial charge in [-0.1, -0.05) is 150 Å². The Bertz CT molecular complexity index is 1510. The third kappa shape index (κ3) is 44.0. The van der Waals surface area contributed by atoms with Crippen molar-refractivity contribution in [1.82, 2.24) is 0 Å². The van der Waals surface area contributed by atoms with Crippen molar-refractivity contribution in [3.05, 3.63) is 97.2 Å². The van der Waals surface area contributed by atoms with Crippen LogP contribution in [0.5, 0.6) is 0 Å². The molecule has 0 aliphatic carbocycles. The molecule has 1 unspecified atom stereocenters. The lowest BCUT2D eigenvalue weighted by Gasteiger charge is -2.20. The van der Waals surface area contributed by atoms with Gasteiger partial charge in [0, 0.05) is 12.8 Å². The van der Waals surface area contributed by atoms with Gasteiger partial charge in [0.1, 0.15) is 12.7 Å². The van der Waals surface area contributed by atoms with Crippen molar-refractivity contribution in [2.45, 2.75) is 154 Å². The third-order valence-electron chi connectivity index (χ3n) is 8.65. The van der Waals surface area contributed by atoms with Crippen molar-refractivity contribution >= 4 is 27.6 Å². The van der Waals surface area contributed by atoms with Crippen LogP contribution < -0.4 is 0 Å². The van der Waals surface area contributed by atoms with E-state index in [1.165, 1.54) is 25.7 Å². The summed E-state index contributed by atoms with van der Waals surface area (Å²) in [4.78, 5) is 52.7. The van der Waals surface area contributed by atoms with Gasteiger partial charge in [-0.2, -0.15) is 0 Å². The van der Waals surface area contributed by atoms with Gasteiger partial charge in [-0.05, 0) is 64.2 Å². The molecule has 0 heterocycles. The molecule has 63 heavy (non-hydrogen) atoms. The average Bonchev–Trinajstić information content (AvgIpc) is 3.23. The molecule has 0 aliphatic heterocycles. The molecule has 0 saturated heterocycles. The predicted octanol–water partition coefficient (Wildman–Crippen LogP) is 9.28. The number of allylic oxidation sites excluding steroid dienone is 12. The van der Waals surface area contributed by atoms with E-state index in [1.807, 2.05) is 43.4 Å². The number of esters is 2. The molecule has 360 valence electrons. The second-order valence-electron chi connectivity index (χ2n) is 14.7. The number of ether oxygens (including phenoxy) is 2. The Kier molecular flexibility index (Phi) is 38.5. The van der Waals surface area contributed by atoms with Crippen LogP contribution >= 0.6 is 15.6 Å². The first-order valence-electron chi connectivity index (χ1n) is 22.2. The molecule has 0 rings (SSSR count). The van der Waals surface area contributed by atoms with E-state index in [0.29, 0.717) is 32.1 Å². The predicted molar refractivity (Wildman–Crippen MR) is 246 cm³/mol. The lowest BCUT2D eigenvalue weighted by atomic mass is 10.1. The fourth-order valence-electron chi connectivity index (χ4n) is 5.25. The summed E-state index contributed by atoms with van der Waals surface area (Å²) in [7, 11) is -9.76. The van der Waals surface area contributed by atoms with E-state index in [1.54, 1.807) is 36.5 Å². The van der Waals surface area contributed by atoms with Crippen molar-refractivity contribution in [2.75, 3.05) is 26.4 Å². The summed E-state index contributed by atoms with van der Waals surface area (Å²) in [6.07, 6.45) is 40.4. The van der Waals surface area contributed by atoms with Crippen LogP contribution in [-0.4, -0.2) is 92.8 Å². The number of rotatable bonds is 40. The van der Waals surface area contributed by atoms with Crippen molar-refractivity contribution in [1.29, 1.82) is 0 Å². The summed E-state index contributed by atoms with van der Waals surface area (Å²) in [6.45, 7) is 1.29. The maximum absolute atomic E-state index is 12.7. The molecule has 0 radical (unpaired) electrons. The van der Waals surface area contributed by atoms with E-state index in [-0.39, 0.29) is 12.8 Å². The summed E-state index contributed by atoms with van der Waals surface area (Å²) in [5, 5.41) is 29.7. The fraction of sp³-hybridized carbons (Fsp3) is 0.609. The molecule has 0 spiro atoms. The number of hydrogen-bond donors (Lipinski definition) is 6. The topological polar surface area (TPSA) is 236 Å². The normalized spacial score (nSPS) is 15.9. The van der Waals surface area contributed by atoms with Crippen LogP contribution in [0.15, 0.2) is 97.2 Å². The average molecular weight is 931 g/mol. The molecule has 0 aromatic heterocycles. The Labute approximate surface area is 375 Å². The molecule has 15 nitrogen and oxygen atoms in total. The van der Waals surface area contributed by atoms with Crippen LogP contribution in [-0.2, 0) is 41.8 Å². The molecule has 6 N–H and O–H groups in total. The first kappa shape index (κ1) is 60.0. The Morgan fingerprint density at radius 2 is 1.13 bits per heavy atom. The molecule has 0 amide bonds. The van der Waals surface area contributed by atoms with E-state index < -0.39 is 78.4 Å². The molecule has 0 aliphatic rings. The van der Waals surface area contributed by atoms with Crippen LogP contribution in [0.25, 0.3) is 0 Å². The highest BCUT2D eigenvalue weighted by molar-refractivity contribution is 7.47. The Morgan fingerprint density at radius 3 is 1.79 bits per heavy atom. The van der Waals surface area contributed by atoms with Crippen molar-refractivity contribution in [3.63, 3.8) is 0 Å². The smallest absolute Gasteiger partial charge is 0.462 e. The van der Waals surface area contributed by atoms with Gasteiger partial charge in [0.05, 0.1) is 32.0 Å². The van der Waals surface area contributed by atoms with Gasteiger partial charge < -0.3 is 39.5 Å². The zero-order valence-corrected chi connectivity index (χ0v) is 39.1. The third-order valence-corrected chi connectivity index (χ3v) is 10.1. The molecule has 5 atom stereocenters. The summed E-state index contributed by atoms with van der Waals surface area (Å²) in [5.74, 6) is -1.24. The van der Waals surface area contributed by atoms with Crippen LogP contribution in [0, 0.1) is 0 Å². The number of phosphoric acid groups is 2.